The summed E-state index contributed by atoms with van der Waals surface area (Å²) in [4.78, 5) is 30.0. The van der Waals surface area contributed by atoms with Crippen molar-refractivity contribution in [3.05, 3.63) is 70.4 Å². The number of amides is 2. The summed E-state index contributed by atoms with van der Waals surface area (Å²) in [5.41, 5.74) is 2.24. The van der Waals surface area contributed by atoms with Crippen LogP contribution in [0, 0.1) is 0 Å². The first kappa shape index (κ1) is 19.5. The summed E-state index contributed by atoms with van der Waals surface area (Å²) in [6.45, 7) is 2.33. The highest BCUT2D eigenvalue weighted by molar-refractivity contribution is 6.36. The van der Waals surface area contributed by atoms with Crippen molar-refractivity contribution in [2.75, 3.05) is 33.4 Å². The minimum absolute atomic E-state index is 0.182. The van der Waals surface area contributed by atoms with E-state index in [4.69, 9.17) is 21.1 Å². The predicted molar refractivity (Wildman–Crippen MR) is 109 cm³/mol. The molecule has 0 unspecified atom stereocenters. The van der Waals surface area contributed by atoms with E-state index >= 15 is 0 Å². The highest BCUT2D eigenvalue weighted by atomic mass is 35.5. The molecule has 0 saturated carbocycles. The van der Waals surface area contributed by atoms with Gasteiger partial charge in [-0.3, -0.25) is 14.5 Å². The smallest absolute Gasteiger partial charge is 0.278 e. The van der Waals surface area contributed by atoms with Crippen LogP contribution in [-0.2, 0) is 20.9 Å². The largest absolute Gasteiger partial charge is 0.496 e. The van der Waals surface area contributed by atoms with Crippen LogP contribution in [0.3, 0.4) is 0 Å². The van der Waals surface area contributed by atoms with Gasteiger partial charge < -0.3 is 14.4 Å². The minimum Gasteiger partial charge on any atom is -0.496 e. The zero-order valence-electron chi connectivity index (χ0n) is 16.1. The van der Waals surface area contributed by atoms with Gasteiger partial charge in [0.25, 0.3) is 11.8 Å². The first-order chi connectivity index (χ1) is 14.1. The van der Waals surface area contributed by atoms with E-state index in [0.717, 1.165) is 5.56 Å². The highest BCUT2D eigenvalue weighted by Gasteiger charge is 2.42. The zero-order chi connectivity index (χ0) is 20.4. The van der Waals surface area contributed by atoms with Crippen LogP contribution < -0.4 is 4.74 Å². The molecule has 2 aromatic carbocycles. The molecule has 0 aromatic heterocycles. The van der Waals surface area contributed by atoms with E-state index in [1.54, 1.807) is 25.3 Å². The molecule has 2 heterocycles. The third kappa shape index (κ3) is 3.73. The van der Waals surface area contributed by atoms with Crippen molar-refractivity contribution < 1.29 is 19.1 Å². The molecular weight excluding hydrogens is 392 g/mol. The monoisotopic (exact) mass is 412 g/mol. The van der Waals surface area contributed by atoms with Crippen LogP contribution in [0.2, 0.25) is 5.02 Å². The summed E-state index contributed by atoms with van der Waals surface area (Å²) in [6.07, 6.45) is 0. The van der Waals surface area contributed by atoms with Crippen LogP contribution in [-0.4, -0.2) is 55.0 Å². The number of hydrogen-bond acceptors (Lipinski definition) is 5. The Bertz CT molecular complexity index is 965. The standard InChI is InChI=1S/C22H21ClN2O4/c1-28-18-5-3-2-4-17(18)19-20(24-10-12-29-13-11-24)22(27)25(21(19)26)14-15-6-8-16(23)9-7-15/h2-9H,10-14H2,1H3. The molecule has 4 rings (SSSR count). The van der Waals surface area contributed by atoms with Crippen LogP contribution in [0.4, 0.5) is 0 Å². The van der Waals surface area contributed by atoms with E-state index in [2.05, 4.69) is 0 Å². The molecule has 0 radical (unpaired) electrons. The van der Waals surface area contributed by atoms with Gasteiger partial charge in [0.2, 0.25) is 0 Å². The summed E-state index contributed by atoms with van der Waals surface area (Å²) < 4.78 is 10.9. The number of morpholine rings is 1. The number of hydrogen-bond donors (Lipinski definition) is 0. The van der Waals surface area contributed by atoms with Crippen molar-refractivity contribution in [3.8, 4) is 5.75 Å². The van der Waals surface area contributed by atoms with Gasteiger partial charge in [0.05, 0.1) is 32.4 Å². The first-order valence-electron chi connectivity index (χ1n) is 9.41. The number of ether oxygens (including phenoxy) is 2. The van der Waals surface area contributed by atoms with Gasteiger partial charge in [0.15, 0.2) is 0 Å². The molecule has 1 saturated heterocycles. The van der Waals surface area contributed by atoms with Gasteiger partial charge in [-0.2, -0.15) is 0 Å². The van der Waals surface area contributed by atoms with Crippen LogP contribution in [0.1, 0.15) is 11.1 Å². The molecule has 7 heteroatoms. The molecule has 0 spiro atoms. The normalized spacial score (nSPS) is 17.3. The second-order valence-corrected chi connectivity index (χ2v) is 7.28. The Morgan fingerprint density at radius 1 is 1.00 bits per heavy atom. The Labute approximate surface area is 174 Å². The molecule has 2 aliphatic rings. The summed E-state index contributed by atoms with van der Waals surface area (Å²) in [5, 5.41) is 0.606. The Hall–Kier alpha value is -2.83. The number of imide groups is 1. The summed E-state index contributed by atoms with van der Waals surface area (Å²) in [6, 6.07) is 14.4. The molecule has 2 amide bonds. The van der Waals surface area contributed by atoms with E-state index in [0.29, 0.717) is 53.9 Å². The molecule has 0 aliphatic carbocycles. The molecule has 2 aliphatic heterocycles. The number of carbonyl (C=O) groups is 2. The number of benzene rings is 2. The number of rotatable bonds is 5. The van der Waals surface area contributed by atoms with Gasteiger partial charge in [0, 0.05) is 23.7 Å². The summed E-state index contributed by atoms with van der Waals surface area (Å²) in [7, 11) is 1.56. The van der Waals surface area contributed by atoms with E-state index < -0.39 is 0 Å². The molecule has 0 atom stereocenters. The molecule has 29 heavy (non-hydrogen) atoms. The second-order valence-electron chi connectivity index (χ2n) is 6.85. The van der Waals surface area contributed by atoms with Crippen molar-refractivity contribution in [1.82, 2.24) is 9.80 Å². The molecule has 150 valence electrons. The SMILES string of the molecule is COc1ccccc1C1=C(N2CCOCC2)C(=O)N(Cc2ccc(Cl)cc2)C1=O. The van der Waals surface area contributed by atoms with Gasteiger partial charge in [-0.15, -0.1) is 0 Å². The van der Waals surface area contributed by atoms with Crippen LogP contribution >= 0.6 is 11.6 Å². The summed E-state index contributed by atoms with van der Waals surface area (Å²) in [5.74, 6) is -0.0635. The summed E-state index contributed by atoms with van der Waals surface area (Å²) >= 11 is 5.96. The first-order valence-corrected chi connectivity index (χ1v) is 9.79. The maximum atomic E-state index is 13.4. The fraction of sp³-hybridized carbons (Fsp3) is 0.273. The van der Waals surface area contributed by atoms with Crippen molar-refractivity contribution in [2.24, 2.45) is 0 Å². The fourth-order valence-electron chi connectivity index (χ4n) is 3.65. The lowest BCUT2D eigenvalue weighted by Crippen LogP contribution is -2.40. The lowest BCUT2D eigenvalue weighted by molar-refractivity contribution is -0.138. The van der Waals surface area contributed by atoms with E-state index in [1.165, 1.54) is 4.90 Å². The zero-order valence-corrected chi connectivity index (χ0v) is 16.8. The van der Waals surface area contributed by atoms with E-state index in [-0.39, 0.29) is 18.4 Å². The van der Waals surface area contributed by atoms with Crippen molar-refractivity contribution in [3.63, 3.8) is 0 Å². The minimum atomic E-state index is -0.323. The topological polar surface area (TPSA) is 59.1 Å². The van der Waals surface area contributed by atoms with E-state index in [1.807, 2.05) is 35.2 Å². The molecule has 1 fully saturated rings. The van der Waals surface area contributed by atoms with E-state index in [9.17, 15) is 9.59 Å². The Balaban J connectivity index is 1.76. The molecule has 0 bridgehead atoms. The quantitative estimate of drug-likeness (QED) is 0.707. The van der Waals surface area contributed by atoms with Gasteiger partial charge in [-0.05, 0) is 23.8 Å². The number of halogens is 1. The number of para-hydroxylation sites is 1. The number of methoxy groups -OCH3 is 1. The van der Waals surface area contributed by atoms with Crippen molar-refractivity contribution in [1.29, 1.82) is 0 Å². The predicted octanol–water partition coefficient (Wildman–Crippen LogP) is 2.96. The van der Waals surface area contributed by atoms with Gasteiger partial charge in [-0.25, -0.2) is 0 Å². The maximum Gasteiger partial charge on any atom is 0.278 e. The lowest BCUT2D eigenvalue weighted by Gasteiger charge is -2.29. The number of nitrogens with zero attached hydrogens (tertiary/aromatic N) is 2. The molecule has 6 nitrogen and oxygen atoms in total. The lowest BCUT2D eigenvalue weighted by atomic mass is 10.0. The Kier molecular flexibility index (Phi) is 5.56. The van der Waals surface area contributed by atoms with Crippen molar-refractivity contribution in [2.45, 2.75) is 6.54 Å². The molecular formula is C22H21ClN2O4. The molecule has 0 N–H and O–H groups in total. The van der Waals surface area contributed by atoms with Crippen LogP contribution in [0.15, 0.2) is 54.2 Å². The number of carbonyl (C=O) groups excluding carboxylic acids is 2. The van der Waals surface area contributed by atoms with Gasteiger partial charge in [-0.1, -0.05) is 41.9 Å². The third-order valence-electron chi connectivity index (χ3n) is 5.10. The van der Waals surface area contributed by atoms with Crippen LogP contribution in [0.25, 0.3) is 5.57 Å². The maximum absolute atomic E-state index is 13.4. The Morgan fingerprint density at radius 2 is 1.69 bits per heavy atom. The second kappa shape index (κ2) is 8.27. The van der Waals surface area contributed by atoms with Gasteiger partial charge in [0.1, 0.15) is 11.4 Å². The van der Waals surface area contributed by atoms with Crippen molar-refractivity contribution >= 4 is 29.0 Å². The third-order valence-corrected chi connectivity index (χ3v) is 5.35. The molecule has 2 aromatic rings. The highest BCUT2D eigenvalue weighted by Crippen LogP contribution is 2.37. The Morgan fingerprint density at radius 3 is 2.38 bits per heavy atom. The van der Waals surface area contributed by atoms with Crippen LogP contribution in [0.5, 0.6) is 5.75 Å². The average Bonchev–Trinajstić information content (AvgIpc) is 3.00. The van der Waals surface area contributed by atoms with Gasteiger partial charge >= 0.3 is 0 Å². The average molecular weight is 413 g/mol. The fourth-order valence-corrected chi connectivity index (χ4v) is 3.78.